The Hall–Kier alpha value is -0.610. The molecule has 0 saturated carbocycles. The molecule has 0 amide bonds. The number of hydrogen-bond donors (Lipinski definition) is 2. The fraction of sp³-hybridized carbons (Fsp3) is 0.923. The molecule has 2 aliphatic rings. The van der Waals surface area contributed by atoms with Crippen LogP contribution in [0.5, 0.6) is 0 Å². The Kier molecular flexibility index (Phi) is 4.05. The number of nitrogens with two attached hydrogens (primary N) is 1. The number of nitrogens with zero attached hydrogens (tertiary/aromatic N) is 2. The summed E-state index contributed by atoms with van der Waals surface area (Å²) in [4.78, 5) is 5.05. The van der Waals surface area contributed by atoms with Gasteiger partial charge in [-0.25, -0.2) is 0 Å². The second kappa shape index (κ2) is 5.36. The van der Waals surface area contributed by atoms with Gasteiger partial charge in [0.1, 0.15) is 0 Å². The normalized spacial score (nSPS) is 33.1. The zero-order chi connectivity index (χ0) is 12.4. The summed E-state index contributed by atoms with van der Waals surface area (Å²) in [6.07, 6.45) is 4.00. The van der Waals surface area contributed by atoms with E-state index < -0.39 is 0 Å². The van der Waals surface area contributed by atoms with Gasteiger partial charge in [-0.15, -0.1) is 0 Å². The van der Waals surface area contributed by atoms with E-state index in [-0.39, 0.29) is 5.92 Å². The molecule has 2 rings (SSSR count). The van der Waals surface area contributed by atoms with Gasteiger partial charge in [0, 0.05) is 25.0 Å². The fourth-order valence-corrected chi connectivity index (χ4v) is 3.38. The SMILES string of the molecule is CC(CN1CCC2C(CCCN2C)C1)C(=N)N. The van der Waals surface area contributed by atoms with E-state index in [0.717, 1.165) is 18.5 Å². The van der Waals surface area contributed by atoms with Crippen molar-refractivity contribution in [2.75, 3.05) is 33.2 Å². The van der Waals surface area contributed by atoms with E-state index in [4.69, 9.17) is 11.1 Å². The molecule has 3 atom stereocenters. The molecule has 4 nitrogen and oxygen atoms in total. The van der Waals surface area contributed by atoms with Crippen molar-refractivity contribution < 1.29 is 0 Å². The van der Waals surface area contributed by atoms with Crippen molar-refractivity contribution in [1.29, 1.82) is 5.41 Å². The molecular formula is C13H26N4. The van der Waals surface area contributed by atoms with E-state index in [9.17, 15) is 0 Å². The van der Waals surface area contributed by atoms with E-state index in [0.29, 0.717) is 5.84 Å². The molecule has 17 heavy (non-hydrogen) atoms. The van der Waals surface area contributed by atoms with Gasteiger partial charge in [0.25, 0.3) is 0 Å². The highest BCUT2D eigenvalue weighted by atomic mass is 15.2. The summed E-state index contributed by atoms with van der Waals surface area (Å²) in [5, 5.41) is 7.48. The van der Waals surface area contributed by atoms with Gasteiger partial charge in [-0.2, -0.15) is 0 Å². The highest BCUT2D eigenvalue weighted by molar-refractivity contribution is 5.79. The Morgan fingerprint density at radius 2 is 2.18 bits per heavy atom. The van der Waals surface area contributed by atoms with Crippen molar-refractivity contribution >= 4 is 5.84 Å². The van der Waals surface area contributed by atoms with Crippen LogP contribution in [0.2, 0.25) is 0 Å². The molecule has 2 aliphatic heterocycles. The maximum Gasteiger partial charge on any atom is 0.0947 e. The molecule has 0 aliphatic carbocycles. The van der Waals surface area contributed by atoms with Crippen LogP contribution in [0, 0.1) is 17.2 Å². The summed E-state index contributed by atoms with van der Waals surface area (Å²) in [5.41, 5.74) is 5.56. The molecule has 98 valence electrons. The lowest BCUT2D eigenvalue weighted by Gasteiger charge is -2.46. The summed E-state index contributed by atoms with van der Waals surface area (Å²) in [6, 6.07) is 0.799. The molecule has 2 heterocycles. The number of rotatable bonds is 3. The van der Waals surface area contributed by atoms with E-state index in [1.165, 1.54) is 38.9 Å². The van der Waals surface area contributed by atoms with Crippen LogP contribution in [0.15, 0.2) is 0 Å². The first-order valence-corrected chi connectivity index (χ1v) is 6.84. The Balaban J connectivity index is 1.87. The standard InChI is InChI=1S/C13H26N4/c1-10(13(14)15)8-17-7-5-12-11(9-17)4-3-6-16(12)2/h10-12H,3-9H2,1-2H3,(H3,14,15). The molecule has 3 N–H and O–H groups in total. The van der Waals surface area contributed by atoms with Gasteiger partial charge in [-0.3, -0.25) is 5.41 Å². The first-order chi connectivity index (χ1) is 8.08. The van der Waals surface area contributed by atoms with Gasteiger partial charge in [0.05, 0.1) is 5.84 Å². The Morgan fingerprint density at radius 3 is 2.88 bits per heavy atom. The molecule has 0 aromatic heterocycles. The highest BCUT2D eigenvalue weighted by Gasteiger charge is 2.34. The second-order valence-electron chi connectivity index (χ2n) is 5.85. The third-order valence-electron chi connectivity index (χ3n) is 4.49. The van der Waals surface area contributed by atoms with Gasteiger partial charge in [0.2, 0.25) is 0 Å². The van der Waals surface area contributed by atoms with Crippen LogP contribution in [-0.4, -0.2) is 54.9 Å². The Bertz CT molecular complexity index is 279. The second-order valence-corrected chi connectivity index (χ2v) is 5.85. The number of piperidine rings is 2. The summed E-state index contributed by atoms with van der Waals surface area (Å²) in [7, 11) is 2.27. The molecule has 3 unspecified atom stereocenters. The topological polar surface area (TPSA) is 56.4 Å². The van der Waals surface area contributed by atoms with Crippen LogP contribution in [0.1, 0.15) is 26.2 Å². The van der Waals surface area contributed by atoms with E-state index in [1.807, 2.05) is 0 Å². The van der Waals surface area contributed by atoms with Crippen molar-refractivity contribution in [3.05, 3.63) is 0 Å². The summed E-state index contributed by atoms with van der Waals surface area (Å²) >= 11 is 0. The van der Waals surface area contributed by atoms with Crippen LogP contribution in [0.3, 0.4) is 0 Å². The molecule has 2 fully saturated rings. The largest absolute Gasteiger partial charge is 0.387 e. The average molecular weight is 238 g/mol. The van der Waals surface area contributed by atoms with Crippen LogP contribution in [0.4, 0.5) is 0 Å². The number of likely N-dealkylation sites (tertiary alicyclic amines) is 2. The quantitative estimate of drug-likeness (QED) is 0.569. The lowest BCUT2D eigenvalue weighted by atomic mass is 9.84. The first-order valence-electron chi connectivity index (χ1n) is 6.84. The first kappa shape index (κ1) is 12.8. The van der Waals surface area contributed by atoms with Gasteiger partial charge in [-0.05, 0) is 45.3 Å². The van der Waals surface area contributed by atoms with Gasteiger partial charge >= 0.3 is 0 Å². The van der Waals surface area contributed by atoms with Gasteiger partial charge in [-0.1, -0.05) is 6.92 Å². The predicted octanol–water partition coefficient (Wildman–Crippen LogP) is 0.975. The molecular weight excluding hydrogens is 212 g/mol. The van der Waals surface area contributed by atoms with Gasteiger partial charge in [0.15, 0.2) is 0 Å². The highest BCUT2D eigenvalue weighted by Crippen LogP contribution is 2.29. The smallest absolute Gasteiger partial charge is 0.0947 e. The lowest BCUT2D eigenvalue weighted by Crippen LogP contribution is -2.53. The van der Waals surface area contributed by atoms with Crippen molar-refractivity contribution in [3.8, 4) is 0 Å². The zero-order valence-corrected chi connectivity index (χ0v) is 11.2. The Labute approximate surface area is 105 Å². The molecule has 2 saturated heterocycles. The minimum Gasteiger partial charge on any atom is -0.387 e. The maximum absolute atomic E-state index is 7.48. The number of fused-ring (bicyclic) bond motifs is 1. The van der Waals surface area contributed by atoms with E-state index in [1.54, 1.807) is 0 Å². The lowest BCUT2D eigenvalue weighted by molar-refractivity contribution is 0.0362. The fourth-order valence-electron chi connectivity index (χ4n) is 3.38. The number of nitrogens with one attached hydrogen (secondary N) is 1. The monoisotopic (exact) mass is 238 g/mol. The van der Waals surface area contributed by atoms with Crippen molar-refractivity contribution in [2.45, 2.75) is 32.2 Å². The summed E-state index contributed by atoms with van der Waals surface area (Å²) in [5.74, 6) is 1.36. The molecule has 0 spiro atoms. The minimum atomic E-state index is 0.202. The van der Waals surface area contributed by atoms with Crippen LogP contribution < -0.4 is 5.73 Å². The molecule has 0 aromatic carbocycles. The molecule has 4 heteroatoms. The molecule has 0 aromatic rings. The van der Waals surface area contributed by atoms with E-state index >= 15 is 0 Å². The van der Waals surface area contributed by atoms with Crippen molar-refractivity contribution in [3.63, 3.8) is 0 Å². The predicted molar refractivity (Wildman–Crippen MR) is 71.3 cm³/mol. The van der Waals surface area contributed by atoms with Crippen LogP contribution >= 0.6 is 0 Å². The Morgan fingerprint density at radius 1 is 1.41 bits per heavy atom. The summed E-state index contributed by atoms with van der Waals surface area (Å²) < 4.78 is 0. The van der Waals surface area contributed by atoms with Gasteiger partial charge < -0.3 is 15.5 Å². The minimum absolute atomic E-state index is 0.202. The molecule has 0 radical (unpaired) electrons. The van der Waals surface area contributed by atoms with Crippen molar-refractivity contribution in [2.24, 2.45) is 17.6 Å². The van der Waals surface area contributed by atoms with E-state index in [2.05, 4.69) is 23.8 Å². The number of hydrogen-bond acceptors (Lipinski definition) is 3. The number of amidine groups is 1. The van der Waals surface area contributed by atoms with Crippen molar-refractivity contribution in [1.82, 2.24) is 9.80 Å². The molecule has 0 bridgehead atoms. The average Bonchev–Trinajstić information content (AvgIpc) is 2.29. The zero-order valence-electron chi connectivity index (χ0n) is 11.2. The third-order valence-corrected chi connectivity index (χ3v) is 4.49. The maximum atomic E-state index is 7.48. The third kappa shape index (κ3) is 2.99. The van der Waals surface area contributed by atoms with Crippen LogP contribution in [0.25, 0.3) is 0 Å². The van der Waals surface area contributed by atoms with Crippen LogP contribution in [-0.2, 0) is 0 Å². The summed E-state index contributed by atoms with van der Waals surface area (Å²) in [6.45, 7) is 6.66.